The van der Waals surface area contributed by atoms with Crippen molar-refractivity contribution in [2.24, 2.45) is 0 Å². The number of nitrogens with zero attached hydrogens (tertiary/aromatic N) is 1. The first-order valence-electron chi connectivity index (χ1n) is 6.39. The molecule has 1 aromatic carbocycles. The first-order chi connectivity index (χ1) is 9.08. The Kier molecular flexibility index (Phi) is 4.16. The van der Waals surface area contributed by atoms with Gasteiger partial charge in [0.15, 0.2) is 0 Å². The van der Waals surface area contributed by atoms with Crippen LogP contribution >= 0.6 is 0 Å². The highest BCUT2D eigenvalue weighted by atomic mass is 16.4. The molecule has 0 bridgehead atoms. The zero-order chi connectivity index (χ0) is 13.8. The van der Waals surface area contributed by atoms with Gasteiger partial charge in [-0.15, -0.1) is 0 Å². The molecule has 1 atom stereocenters. The van der Waals surface area contributed by atoms with Crippen LogP contribution in [0.15, 0.2) is 24.3 Å². The third-order valence-electron chi connectivity index (χ3n) is 3.36. The van der Waals surface area contributed by atoms with Gasteiger partial charge in [-0.2, -0.15) is 0 Å². The fraction of sp³-hybridized carbons (Fsp3) is 0.429. The summed E-state index contributed by atoms with van der Waals surface area (Å²) in [4.78, 5) is 25.4. The second-order valence-corrected chi connectivity index (χ2v) is 4.93. The first kappa shape index (κ1) is 13.5. The van der Waals surface area contributed by atoms with Crippen molar-refractivity contribution in [1.82, 2.24) is 10.2 Å². The maximum Gasteiger partial charge on any atom is 0.336 e. The van der Waals surface area contributed by atoms with E-state index >= 15 is 0 Å². The summed E-state index contributed by atoms with van der Waals surface area (Å²) in [5.74, 6) is -1.38. The minimum absolute atomic E-state index is 0.0455. The number of amides is 1. The summed E-state index contributed by atoms with van der Waals surface area (Å²) in [6, 6.07) is 6.38. The van der Waals surface area contributed by atoms with Crippen LogP contribution in [0.4, 0.5) is 0 Å². The maximum absolute atomic E-state index is 12.2. The van der Waals surface area contributed by atoms with Gasteiger partial charge in [0.1, 0.15) is 0 Å². The van der Waals surface area contributed by atoms with Gasteiger partial charge < -0.3 is 15.3 Å². The second kappa shape index (κ2) is 5.84. The van der Waals surface area contributed by atoms with Crippen LogP contribution in [0, 0.1) is 0 Å². The lowest BCUT2D eigenvalue weighted by Crippen LogP contribution is -2.46. The van der Waals surface area contributed by atoms with Gasteiger partial charge in [-0.25, -0.2) is 4.79 Å². The molecule has 0 spiro atoms. The topological polar surface area (TPSA) is 69.6 Å². The van der Waals surface area contributed by atoms with Crippen molar-refractivity contribution in [2.45, 2.75) is 18.9 Å². The number of carboxylic acids is 1. The predicted molar refractivity (Wildman–Crippen MR) is 71.4 cm³/mol. The highest BCUT2D eigenvalue weighted by Crippen LogP contribution is 2.12. The Bertz CT molecular complexity index is 487. The van der Waals surface area contributed by atoms with E-state index in [9.17, 15) is 9.59 Å². The molecular weight excluding hydrogens is 244 g/mol. The monoisotopic (exact) mass is 262 g/mol. The summed E-state index contributed by atoms with van der Waals surface area (Å²) in [6.07, 6.45) is 1.98. The molecule has 19 heavy (non-hydrogen) atoms. The average Bonchev–Trinajstić information content (AvgIpc) is 2.38. The zero-order valence-electron chi connectivity index (χ0n) is 10.9. The molecule has 0 aromatic heterocycles. The summed E-state index contributed by atoms with van der Waals surface area (Å²) in [7, 11) is 2.02. The van der Waals surface area contributed by atoms with Gasteiger partial charge in [0, 0.05) is 12.6 Å². The number of hydrogen-bond acceptors (Lipinski definition) is 3. The van der Waals surface area contributed by atoms with Crippen LogP contribution in [0.3, 0.4) is 0 Å². The molecule has 102 valence electrons. The van der Waals surface area contributed by atoms with Gasteiger partial charge in [-0.1, -0.05) is 12.1 Å². The van der Waals surface area contributed by atoms with Crippen molar-refractivity contribution >= 4 is 11.9 Å². The van der Waals surface area contributed by atoms with Gasteiger partial charge in [-0.05, 0) is 38.6 Å². The quantitative estimate of drug-likeness (QED) is 0.859. The van der Waals surface area contributed by atoms with Gasteiger partial charge in [0.2, 0.25) is 0 Å². The van der Waals surface area contributed by atoms with Crippen molar-refractivity contribution in [3.63, 3.8) is 0 Å². The van der Waals surface area contributed by atoms with Crippen LogP contribution in [0.25, 0.3) is 0 Å². The Morgan fingerprint density at radius 1 is 1.32 bits per heavy atom. The van der Waals surface area contributed by atoms with E-state index in [4.69, 9.17) is 5.11 Å². The van der Waals surface area contributed by atoms with Crippen molar-refractivity contribution in [3.05, 3.63) is 35.4 Å². The van der Waals surface area contributed by atoms with Gasteiger partial charge in [0.25, 0.3) is 5.91 Å². The van der Waals surface area contributed by atoms with E-state index in [0.29, 0.717) is 0 Å². The van der Waals surface area contributed by atoms with Crippen LogP contribution in [-0.2, 0) is 0 Å². The molecule has 1 fully saturated rings. The smallest absolute Gasteiger partial charge is 0.336 e. The molecule has 0 radical (unpaired) electrons. The normalized spacial score (nSPS) is 19.9. The van der Waals surface area contributed by atoms with E-state index in [1.54, 1.807) is 18.2 Å². The number of likely N-dealkylation sites (tertiary alicyclic amines) is 1. The minimum atomic E-state index is -1.08. The van der Waals surface area contributed by atoms with Crippen LogP contribution in [0.2, 0.25) is 0 Å². The van der Waals surface area contributed by atoms with Gasteiger partial charge >= 0.3 is 5.97 Å². The largest absolute Gasteiger partial charge is 0.478 e. The summed E-state index contributed by atoms with van der Waals surface area (Å²) >= 11 is 0. The number of carbonyl (C=O) groups excluding carboxylic acids is 1. The molecule has 1 aromatic rings. The van der Waals surface area contributed by atoms with E-state index in [1.165, 1.54) is 6.07 Å². The molecule has 1 amide bonds. The molecule has 5 nitrogen and oxygen atoms in total. The average molecular weight is 262 g/mol. The van der Waals surface area contributed by atoms with Gasteiger partial charge in [-0.3, -0.25) is 4.79 Å². The Labute approximate surface area is 112 Å². The number of carboxylic acid groups (broad SMARTS) is 1. The molecule has 1 heterocycles. The number of aromatic carboxylic acids is 1. The second-order valence-electron chi connectivity index (χ2n) is 4.93. The molecule has 0 aliphatic carbocycles. The maximum atomic E-state index is 12.2. The van der Waals surface area contributed by atoms with Gasteiger partial charge in [0.05, 0.1) is 11.1 Å². The lowest BCUT2D eigenvalue weighted by atomic mass is 10.0. The third kappa shape index (κ3) is 3.32. The van der Waals surface area contributed by atoms with Crippen LogP contribution in [-0.4, -0.2) is 48.1 Å². The third-order valence-corrected chi connectivity index (χ3v) is 3.36. The van der Waals surface area contributed by atoms with E-state index < -0.39 is 5.97 Å². The Morgan fingerprint density at radius 2 is 2.00 bits per heavy atom. The number of nitrogens with one attached hydrogen (secondary N) is 1. The van der Waals surface area contributed by atoms with Crippen molar-refractivity contribution in [1.29, 1.82) is 0 Å². The number of hydrogen-bond donors (Lipinski definition) is 2. The van der Waals surface area contributed by atoms with Crippen LogP contribution < -0.4 is 5.32 Å². The SMILES string of the molecule is CN1CCCC(NC(=O)c2ccccc2C(=O)O)C1. The van der Waals surface area contributed by atoms with E-state index in [1.807, 2.05) is 7.05 Å². The molecule has 1 aliphatic heterocycles. The van der Waals surface area contributed by atoms with E-state index in [2.05, 4.69) is 10.2 Å². The highest BCUT2D eigenvalue weighted by molar-refractivity contribution is 6.04. The fourth-order valence-electron chi connectivity index (χ4n) is 2.41. The molecule has 2 rings (SSSR count). The number of piperidine rings is 1. The summed E-state index contributed by atoms with van der Waals surface area (Å²) in [6.45, 7) is 1.85. The van der Waals surface area contributed by atoms with Crippen molar-refractivity contribution < 1.29 is 14.7 Å². The van der Waals surface area contributed by atoms with Crippen LogP contribution in [0.1, 0.15) is 33.6 Å². The Hall–Kier alpha value is -1.88. The summed E-state index contributed by atoms with van der Waals surface area (Å²) in [5.41, 5.74) is 0.271. The number of likely N-dealkylation sites (N-methyl/N-ethyl adjacent to an activating group) is 1. The standard InChI is InChI=1S/C14H18N2O3/c1-16-8-4-5-10(9-16)15-13(17)11-6-2-3-7-12(11)14(18)19/h2-3,6-7,10H,4-5,8-9H2,1H3,(H,15,17)(H,18,19). The molecule has 1 saturated heterocycles. The van der Waals surface area contributed by atoms with Crippen molar-refractivity contribution in [3.8, 4) is 0 Å². The lowest BCUT2D eigenvalue weighted by Gasteiger charge is -2.30. The Balaban J connectivity index is 2.09. The van der Waals surface area contributed by atoms with Crippen LogP contribution in [0.5, 0.6) is 0 Å². The van der Waals surface area contributed by atoms with E-state index in [-0.39, 0.29) is 23.1 Å². The number of carbonyl (C=O) groups is 2. The molecule has 1 aliphatic rings. The minimum Gasteiger partial charge on any atom is -0.478 e. The fourth-order valence-corrected chi connectivity index (χ4v) is 2.41. The molecular formula is C14H18N2O3. The first-order valence-corrected chi connectivity index (χ1v) is 6.39. The number of benzene rings is 1. The summed E-state index contributed by atoms with van der Waals surface area (Å²) in [5, 5.41) is 12.0. The van der Waals surface area contributed by atoms with Crippen molar-refractivity contribution in [2.75, 3.05) is 20.1 Å². The predicted octanol–water partition coefficient (Wildman–Crippen LogP) is 1.21. The molecule has 0 saturated carbocycles. The molecule has 5 heteroatoms. The number of rotatable bonds is 3. The molecule has 1 unspecified atom stereocenters. The molecule has 2 N–H and O–H groups in total. The lowest BCUT2D eigenvalue weighted by molar-refractivity contribution is 0.0689. The van der Waals surface area contributed by atoms with E-state index in [0.717, 1.165) is 25.9 Å². The highest BCUT2D eigenvalue weighted by Gasteiger charge is 2.22. The zero-order valence-corrected chi connectivity index (χ0v) is 10.9. The summed E-state index contributed by atoms with van der Waals surface area (Å²) < 4.78 is 0. The Morgan fingerprint density at radius 3 is 2.63 bits per heavy atom.